The number of ether oxygens (including phenoxy) is 3. The predicted octanol–water partition coefficient (Wildman–Crippen LogP) is 4.27. The maximum Gasteiger partial charge on any atom is 0.344 e. The van der Waals surface area contributed by atoms with Crippen molar-refractivity contribution in [3.63, 3.8) is 0 Å². The Bertz CT molecular complexity index is 1200. The van der Waals surface area contributed by atoms with Crippen molar-refractivity contribution in [1.29, 1.82) is 0 Å². The van der Waals surface area contributed by atoms with Crippen molar-refractivity contribution in [2.24, 2.45) is 0 Å². The van der Waals surface area contributed by atoms with E-state index in [0.29, 0.717) is 23.0 Å². The van der Waals surface area contributed by atoms with Crippen molar-refractivity contribution >= 4 is 58.1 Å². The zero-order valence-corrected chi connectivity index (χ0v) is 20.8. The number of thioether (sulfide) groups is 1. The molecule has 0 saturated carbocycles. The molecule has 0 radical (unpaired) electrons. The first-order valence-electron chi connectivity index (χ1n) is 10.5. The zero-order chi connectivity index (χ0) is 25.5. The topological polar surface area (TPSA) is 111 Å². The summed E-state index contributed by atoms with van der Waals surface area (Å²) in [4.78, 5) is 50.2. The molecule has 0 aromatic heterocycles. The van der Waals surface area contributed by atoms with Gasteiger partial charge in [-0.1, -0.05) is 29.8 Å². The summed E-state index contributed by atoms with van der Waals surface area (Å²) in [5.41, 5.74) is 1.92. The number of aryl methyl sites for hydroxylation is 1. The van der Waals surface area contributed by atoms with Crippen LogP contribution in [0.25, 0.3) is 6.08 Å². The van der Waals surface area contributed by atoms with Gasteiger partial charge in [-0.25, -0.2) is 4.79 Å². The van der Waals surface area contributed by atoms with Crippen LogP contribution in [0.4, 0.5) is 10.5 Å². The third-order valence-corrected chi connectivity index (χ3v) is 5.97. The molecule has 2 aromatic rings. The molecular weight excluding hydrogens is 496 g/mol. The summed E-state index contributed by atoms with van der Waals surface area (Å²) >= 11 is 7.02. The largest absolute Gasteiger partial charge is 0.493 e. The molecule has 3 rings (SSSR count). The van der Waals surface area contributed by atoms with Crippen LogP contribution in [0.3, 0.4) is 0 Å². The summed E-state index contributed by atoms with van der Waals surface area (Å²) in [5.74, 6) is -1.28. The third kappa shape index (κ3) is 6.55. The Morgan fingerprint density at radius 3 is 2.63 bits per heavy atom. The number of hydrogen-bond acceptors (Lipinski definition) is 8. The molecule has 0 aliphatic carbocycles. The lowest BCUT2D eigenvalue weighted by Gasteiger charge is -2.14. The molecule has 184 valence electrons. The number of carbonyl (C=O) groups is 4. The van der Waals surface area contributed by atoms with E-state index in [1.165, 1.54) is 19.3 Å². The Hall–Kier alpha value is -3.50. The fraction of sp³-hybridized carbons (Fsp3) is 0.250. The molecule has 0 spiro atoms. The number of esters is 1. The van der Waals surface area contributed by atoms with Crippen molar-refractivity contribution in [2.45, 2.75) is 13.8 Å². The Morgan fingerprint density at radius 2 is 1.94 bits per heavy atom. The van der Waals surface area contributed by atoms with E-state index in [9.17, 15) is 19.2 Å². The van der Waals surface area contributed by atoms with Crippen LogP contribution < -0.4 is 14.8 Å². The first kappa shape index (κ1) is 26.1. The Labute approximate surface area is 211 Å². The summed E-state index contributed by atoms with van der Waals surface area (Å²) in [5, 5.41) is 2.28. The van der Waals surface area contributed by atoms with Gasteiger partial charge in [0.05, 0.1) is 23.6 Å². The van der Waals surface area contributed by atoms with E-state index in [1.54, 1.807) is 25.1 Å². The van der Waals surface area contributed by atoms with Gasteiger partial charge >= 0.3 is 5.97 Å². The first-order chi connectivity index (χ1) is 16.7. The maximum absolute atomic E-state index is 12.8. The number of carbonyl (C=O) groups excluding carboxylic acids is 4. The van der Waals surface area contributed by atoms with Crippen LogP contribution in [0.5, 0.6) is 11.5 Å². The normalized spacial score (nSPS) is 14.3. The van der Waals surface area contributed by atoms with Crippen LogP contribution in [0.2, 0.25) is 5.02 Å². The van der Waals surface area contributed by atoms with E-state index in [4.69, 9.17) is 25.8 Å². The molecule has 2 aromatic carbocycles. The van der Waals surface area contributed by atoms with E-state index >= 15 is 0 Å². The number of benzene rings is 2. The Balaban J connectivity index is 1.73. The number of anilines is 1. The highest BCUT2D eigenvalue weighted by Crippen LogP contribution is 2.39. The Kier molecular flexibility index (Phi) is 8.78. The number of nitrogens with one attached hydrogen (secondary N) is 1. The molecule has 35 heavy (non-hydrogen) atoms. The molecule has 1 aliphatic heterocycles. The highest BCUT2D eigenvalue weighted by molar-refractivity contribution is 8.18. The summed E-state index contributed by atoms with van der Waals surface area (Å²) in [6.07, 6.45) is 1.47. The molecule has 11 heteroatoms. The molecule has 1 heterocycles. The Morgan fingerprint density at radius 1 is 1.20 bits per heavy atom. The van der Waals surface area contributed by atoms with Gasteiger partial charge in [-0.15, -0.1) is 0 Å². The van der Waals surface area contributed by atoms with Crippen molar-refractivity contribution in [3.05, 3.63) is 57.5 Å². The number of amides is 3. The van der Waals surface area contributed by atoms with E-state index in [0.717, 1.165) is 10.5 Å². The first-order valence-corrected chi connectivity index (χ1v) is 11.7. The van der Waals surface area contributed by atoms with Crippen molar-refractivity contribution in [1.82, 2.24) is 4.90 Å². The minimum absolute atomic E-state index is 0.122. The van der Waals surface area contributed by atoms with Gasteiger partial charge in [0.15, 0.2) is 18.1 Å². The van der Waals surface area contributed by atoms with Gasteiger partial charge in [-0.05, 0) is 61.0 Å². The van der Waals surface area contributed by atoms with Crippen molar-refractivity contribution < 1.29 is 33.4 Å². The van der Waals surface area contributed by atoms with Crippen LogP contribution in [-0.2, 0) is 19.1 Å². The van der Waals surface area contributed by atoms with Gasteiger partial charge in [-0.3, -0.25) is 19.3 Å². The number of nitrogens with zero attached hydrogens (tertiary/aromatic N) is 1. The summed E-state index contributed by atoms with van der Waals surface area (Å²) < 4.78 is 15.5. The molecule has 9 nitrogen and oxygen atoms in total. The molecule has 0 unspecified atom stereocenters. The van der Waals surface area contributed by atoms with Gasteiger partial charge in [0, 0.05) is 5.69 Å². The van der Waals surface area contributed by atoms with E-state index in [2.05, 4.69) is 5.32 Å². The summed E-state index contributed by atoms with van der Waals surface area (Å²) in [7, 11) is 1.40. The SMILES string of the molecule is CCOC(=O)COc1c(Cl)cc(/C=C2\SC(=O)N(CC(=O)Nc3ccccc3C)C2=O)cc1OC. The van der Waals surface area contributed by atoms with Crippen LogP contribution in [-0.4, -0.2) is 54.8 Å². The van der Waals surface area contributed by atoms with Crippen LogP contribution >= 0.6 is 23.4 Å². The quantitative estimate of drug-likeness (QED) is 0.387. The number of imide groups is 1. The fourth-order valence-corrected chi connectivity index (χ4v) is 4.24. The number of methoxy groups -OCH3 is 1. The van der Waals surface area contributed by atoms with Crippen molar-refractivity contribution in [2.75, 3.05) is 32.2 Å². The standard InChI is InChI=1S/C24H23ClN2O7S/c1-4-33-21(29)13-34-22-16(25)9-15(10-18(22)32-3)11-19-23(30)27(24(31)35-19)12-20(28)26-17-8-6-5-7-14(17)2/h5-11H,4,12-13H2,1-3H3,(H,26,28)/b19-11-. The zero-order valence-electron chi connectivity index (χ0n) is 19.3. The minimum Gasteiger partial charge on any atom is -0.493 e. The number of para-hydroxylation sites is 1. The summed E-state index contributed by atoms with van der Waals surface area (Å²) in [6, 6.07) is 10.2. The highest BCUT2D eigenvalue weighted by atomic mass is 35.5. The number of hydrogen-bond donors (Lipinski definition) is 1. The molecular formula is C24H23ClN2O7S. The van der Waals surface area contributed by atoms with E-state index < -0.39 is 29.6 Å². The molecule has 1 N–H and O–H groups in total. The van der Waals surface area contributed by atoms with Gasteiger partial charge in [0.25, 0.3) is 11.1 Å². The van der Waals surface area contributed by atoms with Gasteiger partial charge in [-0.2, -0.15) is 0 Å². The van der Waals surface area contributed by atoms with E-state index in [-0.39, 0.29) is 34.6 Å². The minimum atomic E-state index is -0.599. The molecule has 1 aliphatic rings. The molecule has 1 saturated heterocycles. The maximum atomic E-state index is 12.8. The molecule has 0 bridgehead atoms. The third-order valence-electron chi connectivity index (χ3n) is 4.78. The van der Waals surface area contributed by atoms with Crippen molar-refractivity contribution in [3.8, 4) is 11.5 Å². The van der Waals surface area contributed by atoms with Gasteiger partial charge in [0.1, 0.15) is 6.54 Å². The second kappa shape index (κ2) is 11.8. The lowest BCUT2D eigenvalue weighted by atomic mass is 10.1. The molecule has 0 atom stereocenters. The number of rotatable bonds is 9. The monoisotopic (exact) mass is 518 g/mol. The molecule has 1 fully saturated rings. The predicted molar refractivity (Wildman–Crippen MR) is 133 cm³/mol. The van der Waals surface area contributed by atoms with Crippen LogP contribution in [0, 0.1) is 6.92 Å². The second-order valence-corrected chi connectivity index (χ2v) is 8.66. The second-order valence-electron chi connectivity index (χ2n) is 7.26. The fourth-order valence-electron chi connectivity index (χ4n) is 3.13. The smallest absolute Gasteiger partial charge is 0.344 e. The summed E-state index contributed by atoms with van der Waals surface area (Å²) in [6.45, 7) is 2.96. The lowest BCUT2D eigenvalue weighted by molar-refractivity contribution is -0.145. The van der Waals surface area contributed by atoms with Crippen LogP contribution in [0.15, 0.2) is 41.3 Å². The average Bonchev–Trinajstić information content (AvgIpc) is 3.07. The highest BCUT2D eigenvalue weighted by Gasteiger charge is 2.36. The van der Waals surface area contributed by atoms with Gasteiger partial charge in [0.2, 0.25) is 5.91 Å². The van der Waals surface area contributed by atoms with Crippen LogP contribution in [0.1, 0.15) is 18.1 Å². The number of halogens is 1. The average molecular weight is 519 g/mol. The molecule has 3 amide bonds. The van der Waals surface area contributed by atoms with E-state index in [1.807, 2.05) is 19.1 Å². The lowest BCUT2D eigenvalue weighted by Crippen LogP contribution is -2.36. The van der Waals surface area contributed by atoms with Gasteiger partial charge < -0.3 is 19.5 Å².